The second-order valence-corrected chi connectivity index (χ2v) is 4.58. The lowest BCUT2D eigenvalue weighted by atomic mass is 10.2. The topological polar surface area (TPSA) is 82.8 Å². The summed E-state index contributed by atoms with van der Waals surface area (Å²) in [6, 6.07) is 1.60. The molecule has 2 aromatic heterocycles. The van der Waals surface area contributed by atoms with Crippen molar-refractivity contribution < 1.29 is 19.1 Å². The maximum Gasteiger partial charge on any atom is 0.347 e. The van der Waals surface area contributed by atoms with Gasteiger partial charge >= 0.3 is 5.97 Å². The molecular formula is C14H17N3O4. The number of esters is 1. The molecule has 2 aromatic rings. The highest BCUT2D eigenvalue weighted by molar-refractivity contribution is 5.95. The number of Topliss-reactive ketones (excluding diaryl/α,β-unsaturated/α-hetero) is 1. The van der Waals surface area contributed by atoms with E-state index in [2.05, 4.69) is 10.1 Å². The highest BCUT2D eigenvalue weighted by atomic mass is 16.6. The van der Waals surface area contributed by atoms with E-state index in [1.54, 1.807) is 26.8 Å². The molecule has 7 heteroatoms. The van der Waals surface area contributed by atoms with Gasteiger partial charge in [-0.2, -0.15) is 0 Å². The minimum atomic E-state index is -0.762. The molecule has 7 nitrogen and oxygen atoms in total. The number of carbonyl (C=O) groups excluding carboxylic acids is 2. The molecule has 0 radical (unpaired) electrons. The fourth-order valence-corrected chi connectivity index (χ4v) is 1.92. The molecule has 0 N–H and O–H groups in total. The number of nitrogens with zero attached hydrogens (tertiary/aromatic N) is 3. The number of ether oxygens (including phenoxy) is 2. The van der Waals surface area contributed by atoms with Crippen LogP contribution in [0.1, 0.15) is 36.8 Å². The highest BCUT2D eigenvalue weighted by Gasteiger charge is 2.18. The van der Waals surface area contributed by atoms with E-state index in [0.29, 0.717) is 23.5 Å². The Morgan fingerprint density at radius 3 is 2.76 bits per heavy atom. The summed E-state index contributed by atoms with van der Waals surface area (Å²) in [6.07, 6.45) is 0.746. The van der Waals surface area contributed by atoms with E-state index in [9.17, 15) is 9.59 Å². The molecule has 0 aliphatic heterocycles. The molecule has 21 heavy (non-hydrogen) atoms. The van der Waals surface area contributed by atoms with Gasteiger partial charge in [0.25, 0.3) is 0 Å². The molecule has 0 aliphatic carbocycles. The SMILES string of the molecule is CCOC(=O)C(C)Oc1cc2ncc(C(C)=O)c(C)n2n1. The van der Waals surface area contributed by atoms with Crippen LogP contribution in [0.15, 0.2) is 12.3 Å². The zero-order valence-corrected chi connectivity index (χ0v) is 12.4. The van der Waals surface area contributed by atoms with Crippen LogP contribution in [0.4, 0.5) is 0 Å². The van der Waals surface area contributed by atoms with Gasteiger partial charge in [0.1, 0.15) is 0 Å². The number of aromatic nitrogens is 3. The van der Waals surface area contributed by atoms with Crippen LogP contribution >= 0.6 is 0 Å². The van der Waals surface area contributed by atoms with Crippen molar-refractivity contribution in [3.05, 3.63) is 23.5 Å². The van der Waals surface area contributed by atoms with E-state index < -0.39 is 12.1 Å². The fraction of sp³-hybridized carbons (Fsp3) is 0.429. The Labute approximate surface area is 121 Å². The molecule has 2 heterocycles. The van der Waals surface area contributed by atoms with E-state index in [-0.39, 0.29) is 11.7 Å². The molecule has 0 aliphatic rings. The van der Waals surface area contributed by atoms with Crippen LogP contribution in [-0.4, -0.2) is 39.1 Å². The quantitative estimate of drug-likeness (QED) is 0.614. The van der Waals surface area contributed by atoms with Crippen LogP contribution in [0.3, 0.4) is 0 Å². The van der Waals surface area contributed by atoms with Gasteiger partial charge in [0.05, 0.1) is 17.9 Å². The molecule has 0 saturated heterocycles. The lowest BCUT2D eigenvalue weighted by Crippen LogP contribution is -2.26. The lowest BCUT2D eigenvalue weighted by molar-refractivity contribution is -0.150. The van der Waals surface area contributed by atoms with Crippen molar-refractivity contribution in [2.45, 2.75) is 33.8 Å². The molecule has 0 fully saturated rings. The Morgan fingerprint density at radius 2 is 2.14 bits per heavy atom. The summed E-state index contributed by atoms with van der Waals surface area (Å²) in [5.74, 6) is -0.282. The number of aryl methyl sites for hydroxylation is 1. The average molecular weight is 291 g/mol. The van der Waals surface area contributed by atoms with Gasteiger partial charge in [0, 0.05) is 12.3 Å². The molecule has 0 spiro atoms. The largest absolute Gasteiger partial charge is 0.463 e. The monoisotopic (exact) mass is 291 g/mol. The predicted molar refractivity (Wildman–Crippen MR) is 74.5 cm³/mol. The summed E-state index contributed by atoms with van der Waals surface area (Å²) in [4.78, 5) is 27.2. The lowest BCUT2D eigenvalue weighted by Gasteiger charge is -2.10. The standard InChI is InChI=1S/C14H17N3O4/c1-5-20-14(19)10(4)21-13-6-12-15-7-11(9(3)18)8(2)17(12)16-13/h6-7,10H,5H2,1-4H3. The van der Waals surface area contributed by atoms with Gasteiger partial charge in [-0.15, -0.1) is 5.10 Å². The molecule has 0 bridgehead atoms. The van der Waals surface area contributed by atoms with E-state index in [0.717, 1.165) is 0 Å². The first-order chi connectivity index (χ1) is 9.93. The summed E-state index contributed by atoms with van der Waals surface area (Å²) in [6.45, 7) is 6.85. The predicted octanol–water partition coefficient (Wildman–Crippen LogP) is 1.57. The van der Waals surface area contributed by atoms with Gasteiger partial charge in [0.15, 0.2) is 17.5 Å². The van der Waals surface area contributed by atoms with Gasteiger partial charge in [-0.3, -0.25) is 4.79 Å². The van der Waals surface area contributed by atoms with Gasteiger partial charge < -0.3 is 9.47 Å². The first-order valence-electron chi connectivity index (χ1n) is 6.63. The number of ketones is 1. The number of rotatable bonds is 5. The maximum atomic E-state index is 11.5. The Balaban J connectivity index is 2.29. The van der Waals surface area contributed by atoms with E-state index in [4.69, 9.17) is 9.47 Å². The number of carbonyl (C=O) groups is 2. The molecule has 0 amide bonds. The van der Waals surface area contributed by atoms with Crippen molar-refractivity contribution in [2.24, 2.45) is 0 Å². The van der Waals surface area contributed by atoms with Crippen molar-refractivity contribution >= 4 is 17.4 Å². The summed E-state index contributed by atoms with van der Waals surface area (Å²) in [5.41, 5.74) is 1.71. The Bertz CT molecular complexity index is 693. The third kappa shape index (κ3) is 3.01. The van der Waals surface area contributed by atoms with Crippen LogP contribution in [-0.2, 0) is 9.53 Å². The van der Waals surface area contributed by atoms with E-state index in [1.807, 2.05) is 0 Å². The molecule has 1 atom stereocenters. The van der Waals surface area contributed by atoms with E-state index >= 15 is 0 Å². The first kappa shape index (κ1) is 15.0. The van der Waals surface area contributed by atoms with Crippen molar-refractivity contribution in [1.82, 2.24) is 14.6 Å². The van der Waals surface area contributed by atoms with Gasteiger partial charge in [-0.1, -0.05) is 0 Å². The molecule has 2 rings (SSSR count). The molecule has 0 aromatic carbocycles. The summed E-state index contributed by atoms with van der Waals surface area (Å²) in [5, 5.41) is 4.21. The first-order valence-corrected chi connectivity index (χ1v) is 6.63. The maximum absolute atomic E-state index is 11.5. The third-order valence-corrected chi connectivity index (χ3v) is 3.00. The number of fused-ring (bicyclic) bond motifs is 1. The number of hydrogen-bond donors (Lipinski definition) is 0. The highest BCUT2D eigenvalue weighted by Crippen LogP contribution is 2.17. The minimum Gasteiger partial charge on any atom is -0.463 e. The zero-order chi connectivity index (χ0) is 15.6. The zero-order valence-electron chi connectivity index (χ0n) is 12.4. The van der Waals surface area contributed by atoms with Crippen LogP contribution in [0.5, 0.6) is 5.88 Å². The average Bonchev–Trinajstić information content (AvgIpc) is 2.82. The smallest absolute Gasteiger partial charge is 0.347 e. The van der Waals surface area contributed by atoms with Crippen LogP contribution in [0, 0.1) is 6.92 Å². The van der Waals surface area contributed by atoms with Gasteiger partial charge in [-0.05, 0) is 27.7 Å². The molecule has 112 valence electrons. The second kappa shape index (κ2) is 5.90. The minimum absolute atomic E-state index is 0.0836. The molecule has 0 saturated carbocycles. The molecular weight excluding hydrogens is 274 g/mol. The third-order valence-electron chi connectivity index (χ3n) is 3.00. The van der Waals surface area contributed by atoms with Crippen molar-refractivity contribution in [3.63, 3.8) is 0 Å². The van der Waals surface area contributed by atoms with Crippen LogP contribution in [0.2, 0.25) is 0 Å². The molecule has 1 unspecified atom stereocenters. The Hall–Kier alpha value is -2.44. The summed E-state index contributed by atoms with van der Waals surface area (Å²) < 4.78 is 11.8. The van der Waals surface area contributed by atoms with Crippen molar-refractivity contribution in [1.29, 1.82) is 0 Å². The normalized spacial score (nSPS) is 12.2. The van der Waals surface area contributed by atoms with Gasteiger partial charge in [-0.25, -0.2) is 14.3 Å². The van der Waals surface area contributed by atoms with Crippen molar-refractivity contribution in [2.75, 3.05) is 6.61 Å². The fourth-order valence-electron chi connectivity index (χ4n) is 1.92. The van der Waals surface area contributed by atoms with Gasteiger partial charge in [0.2, 0.25) is 5.88 Å². The Morgan fingerprint density at radius 1 is 1.43 bits per heavy atom. The second-order valence-electron chi connectivity index (χ2n) is 4.58. The Kier molecular flexibility index (Phi) is 4.21. The van der Waals surface area contributed by atoms with Crippen LogP contribution in [0.25, 0.3) is 5.65 Å². The number of hydrogen-bond acceptors (Lipinski definition) is 6. The summed E-state index contributed by atoms with van der Waals surface area (Å²) in [7, 11) is 0. The summed E-state index contributed by atoms with van der Waals surface area (Å²) >= 11 is 0. The van der Waals surface area contributed by atoms with Crippen molar-refractivity contribution in [3.8, 4) is 5.88 Å². The van der Waals surface area contributed by atoms with Crippen LogP contribution < -0.4 is 4.74 Å². The van der Waals surface area contributed by atoms with E-state index in [1.165, 1.54) is 17.6 Å².